The van der Waals surface area contributed by atoms with Crippen molar-refractivity contribution in [1.82, 2.24) is 15.5 Å². The van der Waals surface area contributed by atoms with Crippen LogP contribution in [0.3, 0.4) is 0 Å². The van der Waals surface area contributed by atoms with E-state index in [0.717, 1.165) is 50.1 Å². The van der Waals surface area contributed by atoms with Crippen LogP contribution in [0.1, 0.15) is 16.5 Å². The van der Waals surface area contributed by atoms with Gasteiger partial charge >= 0.3 is 0 Å². The van der Waals surface area contributed by atoms with Crippen LogP contribution in [-0.2, 0) is 4.74 Å². The van der Waals surface area contributed by atoms with Gasteiger partial charge in [0.25, 0.3) is 0 Å². The lowest BCUT2D eigenvalue weighted by Crippen LogP contribution is -2.46. The highest BCUT2D eigenvalue weighted by atomic mass is 32.1. The largest absolute Gasteiger partial charge is 0.491 e. The molecule has 1 aliphatic heterocycles. The standard InChI is InChI=1S/C21H30N4O2S/c1-17-6-3-4-7-19(17)27-12-9-23-21(22-2)24-16-18(20-8-5-15-28-20)25-10-13-26-14-11-25/h3-8,15,18H,9-14,16H2,1-2H3,(H2,22,23,24). The highest BCUT2D eigenvalue weighted by molar-refractivity contribution is 7.10. The summed E-state index contributed by atoms with van der Waals surface area (Å²) in [6, 6.07) is 12.7. The molecule has 0 aliphatic carbocycles. The van der Waals surface area contributed by atoms with Crippen molar-refractivity contribution in [3.63, 3.8) is 0 Å². The van der Waals surface area contributed by atoms with Gasteiger partial charge in [-0.2, -0.15) is 0 Å². The summed E-state index contributed by atoms with van der Waals surface area (Å²) >= 11 is 1.80. The second-order valence-corrected chi connectivity index (χ2v) is 7.65. The summed E-state index contributed by atoms with van der Waals surface area (Å²) < 4.78 is 11.4. The molecule has 6 nitrogen and oxygen atoms in total. The first-order chi connectivity index (χ1) is 13.8. The zero-order chi connectivity index (χ0) is 19.6. The topological polar surface area (TPSA) is 58.1 Å². The maximum Gasteiger partial charge on any atom is 0.191 e. The first-order valence-corrected chi connectivity index (χ1v) is 10.6. The Morgan fingerprint density at radius 3 is 2.75 bits per heavy atom. The Morgan fingerprint density at radius 1 is 1.21 bits per heavy atom. The molecule has 1 aliphatic rings. The lowest BCUT2D eigenvalue weighted by atomic mass is 10.2. The van der Waals surface area contributed by atoms with E-state index in [2.05, 4.69) is 51.0 Å². The number of nitrogens with one attached hydrogen (secondary N) is 2. The first-order valence-electron chi connectivity index (χ1n) is 9.76. The van der Waals surface area contributed by atoms with Crippen molar-refractivity contribution in [2.24, 2.45) is 4.99 Å². The fourth-order valence-electron chi connectivity index (χ4n) is 3.24. The summed E-state index contributed by atoms with van der Waals surface area (Å²) in [5.41, 5.74) is 1.15. The number of aliphatic imine (C=N–C) groups is 1. The Hall–Kier alpha value is -2.09. The van der Waals surface area contributed by atoms with Crippen molar-refractivity contribution in [3.05, 3.63) is 52.2 Å². The van der Waals surface area contributed by atoms with Crippen molar-refractivity contribution in [2.45, 2.75) is 13.0 Å². The molecule has 1 unspecified atom stereocenters. The summed E-state index contributed by atoms with van der Waals surface area (Å²) in [4.78, 5) is 8.20. The fraction of sp³-hybridized carbons (Fsp3) is 0.476. The van der Waals surface area contributed by atoms with E-state index in [-0.39, 0.29) is 0 Å². The van der Waals surface area contributed by atoms with E-state index in [0.29, 0.717) is 19.2 Å². The fourth-order valence-corrected chi connectivity index (χ4v) is 4.10. The quantitative estimate of drug-likeness (QED) is 0.404. The minimum Gasteiger partial charge on any atom is -0.491 e. The van der Waals surface area contributed by atoms with Gasteiger partial charge in [-0.1, -0.05) is 24.3 Å². The third-order valence-corrected chi connectivity index (χ3v) is 5.76. The number of thiophene rings is 1. The van der Waals surface area contributed by atoms with Gasteiger partial charge in [0.05, 0.1) is 25.8 Å². The van der Waals surface area contributed by atoms with Gasteiger partial charge in [0.15, 0.2) is 5.96 Å². The molecule has 2 N–H and O–H groups in total. The van der Waals surface area contributed by atoms with Crippen LogP contribution in [0.15, 0.2) is 46.8 Å². The molecule has 0 saturated carbocycles. The first kappa shape index (κ1) is 20.6. The Bertz CT molecular complexity index is 730. The number of aryl methyl sites for hydroxylation is 1. The number of para-hydroxylation sites is 1. The highest BCUT2D eigenvalue weighted by Crippen LogP contribution is 2.25. The van der Waals surface area contributed by atoms with Gasteiger partial charge < -0.3 is 20.1 Å². The van der Waals surface area contributed by atoms with Crippen molar-refractivity contribution in [2.75, 3.05) is 53.0 Å². The minimum absolute atomic E-state index is 0.325. The van der Waals surface area contributed by atoms with Gasteiger partial charge in [-0.15, -0.1) is 11.3 Å². The lowest BCUT2D eigenvalue weighted by Gasteiger charge is -2.34. The monoisotopic (exact) mass is 402 g/mol. The van der Waals surface area contributed by atoms with Crippen LogP contribution < -0.4 is 15.4 Å². The van der Waals surface area contributed by atoms with Crippen LogP contribution in [-0.4, -0.2) is 63.9 Å². The van der Waals surface area contributed by atoms with Gasteiger partial charge in [-0.3, -0.25) is 9.89 Å². The highest BCUT2D eigenvalue weighted by Gasteiger charge is 2.23. The molecular weight excluding hydrogens is 372 g/mol. The van der Waals surface area contributed by atoms with E-state index >= 15 is 0 Å². The van der Waals surface area contributed by atoms with Crippen LogP contribution in [0, 0.1) is 6.92 Å². The van der Waals surface area contributed by atoms with E-state index in [1.807, 2.05) is 18.2 Å². The zero-order valence-electron chi connectivity index (χ0n) is 16.7. The van der Waals surface area contributed by atoms with Gasteiger partial charge in [-0.25, -0.2) is 0 Å². The lowest BCUT2D eigenvalue weighted by molar-refractivity contribution is 0.0177. The molecule has 1 saturated heterocycles. The van der Waals surface area contributed by atoms with Crippen molar-refractivity contribution in [3.8, 4) is 5.75 Å². The molecule has 1 fully saturated rings. The van der Waals surface area contributed by atoms with Crippen LogP contribution in [0.4, 0.5) is 0 Å². The number of ether oxygens (including phenoxy) is 2. The molecule has 1 atom stereocenters. The third kappa shape index (κ3) is 5.95. The van der Waals surface area contributed by atoms with Crippen LogP contribution >= 0.6 is 11.3 Å². The summed E-state index contributed by atoms with van der Waals surface area (Å²) in [6.45, 7) is 7.65. The van der Waals surface area contributed by atoms with Gasteiger partial charge in [0.1, 0.15) is 12.4 Å². The predicted octanol–water partition coefficient (Wildman–Crippen LogP) is 2.67. The molecule has 3 rings (SSSR count). The number of morpholine rings is 1. The van der Waals surface area contributed by atoms with Gasteiger partial charge in [-0.05, 0) is 30.0 Å². The van der Waals surface area contributed by atoms with Gasteiger partial charge in [0, 0.05) is 31.6 Å². The van der Waals surface area contributed by atoms with Gasteiger partial charge in [0.2, 0.25) is 0 Å². The number of rotatable bonds is 8. The molecule has 152 valence electrons. The van der Waals surface area contributed by atoms with Crippen LogP contribution in [0.5, 0.6) is 5.75 Å². The number of hydrogen-bond donors (Lipinski definition) is 2. The van der Waals surface area contributed by atoms with Crippen LogP contribution in [0.25, 0.3) is 0 Å². The summed E-state index contributed by atoms with van der Waals surface area (Å²) in [6.07, 6.45) is 0. The minimum atomic E-state index is 0.325. The molecule has 1 aromatic heterocycles. The second-order valence-electron chi connectivity index (χ2n) is 6.67. The normalized spacial score (nSPS) is 16.6. The molecule has 1 aromatic carbocycles. The van der Waals surface area contributed by atoms with E-state index < -0.39 is 0 Å². The average Bonchev–Trinajstić information content (AvgIpc) is 3.26. The molecule has 0 bridgehead atoms. The van der Waals surface area contributed by atoms with Crippen molar-refractivity contribution >= 4 is 17.3 Å². The van der Waals surface area contributed by atoms with E-state index in [1.165, 1.54) is 4.88 Å². The SMILES string of the molecule is CN=C(NCCOc1ccccc1C)NCC(c1cccs1)N1CCOCC1. The Kier molecular flexibility index (Phi) is 8.14. The molecular formula is C21H30N4O2S. The molecule has 7 heteroatoms. The maximum absolute atomic E-state index is 5.85. The maximum atomic E-state index is 5.85. The number of hydrogen-bond acceptors (Lipinski definition) is 5. The Morgan fingerprint density at radius 2 is 2.04 bits per heavy atom. The van der Waals surface area contributed by atoms with Crippen LogP contribution in [0.2, 0.25) is 0 Å². The number of benzene rings is 1. The summed E-state index contributed by atoms with van der Waals surface area (Å²) in [5, 5.41) is 8.95. The Balaban J connectivity index is 1.47. The van der Waals surface area contributed by atoms with E-state index in [1.54, 1.807) is 18.4 Å². The smallest absolute Gasteiger partial charge is 0.191 e. The van der Waals surface area contributed by atoms with Crippen molar-refractivity contribution in [1.29, 1.82) is 0 Å². The molecule has 28 heavy (non-hydrogen) atoms. The average molecular weight is 403 g/mol. The number of guanidine groups is 1. The van der Waals surface area contributed by atoms with Crippen molar-refractivity contribution < 1.29 is 9.47 Å². The molecule has 2 aromatic rings. The second kappa shape index (κ2) is 11.0. The summed E-state index contributed by atoms with van der Waals surface area (Å²) in [7, 11) is 1.80. The van der Waals surface area contributed by atoms with E-state index in [9.17, 15) is 0 Å². The molecule has 2 heterocycles. The summed E-state index contributed by atoms with van der Waals surface area (Å²) in [5.74, 6) is 1.72. The van der Waals surface area contributed by atoms with E-state index in [4.69, 9.17) is 9.47 Å². The molecule has 0 amide bonds. The zero-order valence-corrected chi connectivity index (χ0v) is 17.5. The molecule has 0 radical (unpaired) electrons. The predicted molar refractivity (Wildman–Crippen MR) is 115 cm³/mol. The Labute approximate surface area is 171 Å². The third-order valence-electron chi connectivity index (χ3n) is 4.79. The number of nitrogens with zero attached hydrogens (tertiary/aromatic N) is 2. The molecule has 0 spiro atoms.